The minimum Gasteiger partial charge on any atom is -0.289 e. The first kappa shape index (κ1) is 5.29. The minimum atomic E-state index is 0.172. The van der Waals surface area contributed by atoms with E-state index >= 15 is 0 Å². The predicted molar refractivity (Wildman–Crippen MR) is 36.9 cm³/mol. The second-order valence-corrected chi connectivity index (χ2v) is 2.93. The van der Waals surface area contributed by atoms with Gasteiger partial charge in [0.2, 0.25) is 0 Å². The summed E-state index contributed by atoms with van der Waals surface area (Å²) >= 11 is 1.35. The summed E-state index contributed by atoms with van der Waals surface area (Å²) in [6, 6.07) is 0. The standard InChI is InChI=1S/C5H6N2OS/c8-5-7-2-1-6-4(7)3-9-5/h1-3H2. The van der Waals surface area contributed by atoms with E-state index in [1.165, 1.54) is 11.8 Å². The third kappa shape index (κ3) is 0.660. The van der Waals surface area contributed by atoms with Crippen molar-refractivity contribution in [1.29, 1.82) is 0 Å². The second kappa shape index (κ2) is 1.73. The highest BCUT2D eigenvalue weighted by atomic mass is 32.2. The van der Waals surface area contributed by atoms with Gasteiger partial charge in [0.25, 0.3) is 5.24 Å². The highest BCUT2D eigenvalue weighted by Crippen LogP contribution is 2.22. The largest absolute Gasteiger partial charge is 0.289 e. The van der Waals surface area contributed by atoms with Crippen LogP contribution in [0.2, 0.25) is 0 Å². The molecule has 0 aromatic rings. The van der Waals surface area contributed by atoms with E-state index < -0.39 is 0 Å². The Labute approximate surface area is 57.1 Å². The zero-order valence-corrected chi connectivity index (χ0v) is 5.65. The number of thioether (sulfide) groups is 1. The Morgan fingerprint density at radius 1 is 1.67 bits per heavy atom. The summed E-state index contributed by atoms with van der Waals surface area (Å²) in [5, 5.41) is 0.172. The topological polar surface area (TPSA) is 32.7 Å². The number of amides is 1. The maximum Gasteiger partial charge on any atom is 0.287 e. The normalized spacial score (nSPS) is 24.7. The van der Waals surface area contributed by atoms with E-state index in [2.05, 4.69) is 4.99 Å². The molecule has 1 saturated heterocycles. The van der Waals surface area contributed by atoms with Crippen LogP contribution in [0.5, 0.6) is 0 Å². The van der Waals surface area contributed by atoms with Crippen molar-refractivity contribution in [3.05, 3.63) is 0 Å². The molecule has 0 atom stereocenters. The van der Waals surface area contributed by atoms with Crippen LogP contribution in [-0.2, 0) is 0 Å². The van der Waals surface area contributed by atoms with Gasteiger partial charge in [-0.3, -0.25) is 14.7 Å². The maximum absolute atomic E-state index is 10.9. The van der Waals surface area contributed by atoms with Crippen molar-refractivity contribution in [2.45, 2.75) is 0 Å². The van der Waals surface area contributed by atoms with E-state index in [-0.39, 0.29) is 5.24 Å². The van der Waals surface area contributed by atoms with E-state index in [1.54, 1.807) is 4.90 Å². The van der Waals surface area contributed by atoms with Gasteiger partial charge >= 0.3 is 0 Å². The van der Waals surface area contributed by atoms with Gasteiger partial charge in [-0.1, -0.05) is 11.8 Å². The molecule has 2 rings (SSSR count). The Morgan fingerprint density at radius 2 is 2.56 bits per heavy atom. The molecule has 2 aliphatic rings. The number of nitrogens with zero attached hydrogens (tertiary/aromatic N) is 2. The van der Waals surface area contributed by atoms with Gasteiger partial charge in [0.1, 0.15) is 5.84 Å². The molecule has 0 aliphatic carbocycles. The molecule has 1 amide bonds. The SMILES string of the molecule is O=C1SCC2=NCCN12. The zero-order chi connectivity index (χ0) is 6.27. The third-order valence-electron chi connectivity index (χ3n) is 1.47. The van der Waals surface area contributed by atoms with Crippen molar-refractivity contribution in [3.8, 4) is 0 Å². The molecule has 0 unspecified atom stereocenters. The first-order valence-corrected chi connectivity index (χ1v) is 3.84. The number of carbonyl (C=O) groups excluding carboxylic acids is 1. The lowest BCUT2D eigenvalue weighted by Crippen LogP contribution is -2.24. The molecule has 48 valence electrons. The van der Waals surface area contributed by atoms with E-state index in [4.69, 9.17) is 0 Å². The molecule has 0 N–H and O–H groups in total. The molecular formula is C5H6N2OS. The van der Waals surface area contributed by atoms with Gasteiger partial charge in [-0.15, -0.1) is 0 Å². The second-order valence-electron chi connectivity index (χ2n) is 2.00. The molecule has 9 heavy (non-hydrogen) atoms. The van der Waals surface area contributed by atoms with Crippen molar-refractivity contribution in [2.24, 2.45) is 4.99 Å². The minimum absolute atomic E-state index is 0.172. The number of rotatable bonds is 0. The van der Waals surface area contributed by atoms with Crippen molar-refractivity contribution in [2.75, 3.05) is 18.8 Å². The number of fused-ring (bicyclic) bond motifs is 1. The van der Waals surface area contributed by atoms with Gasteiger partial charge in [0.15, 0.2) is 0 Å². The molecule has 3 nitrogen and oxygen atoms in total. The van der Waals surface area contributed by atoms with Crippen LogP contribution in [0.3, 0.4) is 0 Å². The van der Waals surface area contributed by atoms with Gasteiger partial charge in [0.05, 0.1) is 12.3 Å². The zero-order valence-electron chi connectivity index (χ0n) is 4.83. The highest BCUT2D eigenvalue weighted by molar-refractivity contribution is 8.14. The van der Waals surface area contributed by atoms with E-state index in [1.807, 2.05) is 0 Å². The Balaban J connectivity index is 2.29. The number of aliphatic imine (C=N–C) groups is 1. The summed E-state index contributed by atoms with van der Waals surface area (Å²) in [6.07, 6.45) is 0. The lowest BCUT2D eigenvalue weighted by molar-refractivity contribution is 0.247. The predicted octanol–water partition coefficient (Wildman–Crippen LogP) is 0.567. The Hall–Kier alpha value is -0.510. The lowest BCUT2D eigenvalue weighted by Gasteiger charge is -2.04. The van der Waals surface area contributed by atoms with Crippen molar-refractivity contribution < 1.29 is 4.79 Å². The summed E-state index contributed by atoms with van der Waals surface area (Å²) in [6.45, 7) is 1.61. The molecule has 0 bridgehead atoms. The van der Waals surface area contributed by atoms with Gasteiger partial charge < -0.3 is 0 Å². The monoisotopic (exact) mass is 142 g/mol. The van der Waals surface area contributed by atoms with Crippen molar-refractivity contribution >= 4 is 22.8 Å². The average molecular weight is 142 g/mol. The quantitative estimate of drug-likeness (QED) is 0.495. The highest BCUT2D eigenvalue weighted by Gasteiger charge is 2.30. The summed E-state index contributed by atoms with van der Waals surface area (Å²) < 4.78 is 0. The van der Waals surface area contributed by atoms with Gasteiger partial charge in [-0.25, -0.2) is 0 Å². The van der Waals surface area contributed by atoms with Crippen LogP contribution in [0.1, 0.15) is 0 Å². The van der Waals surface area contributed by atoms with E-state index in [0.717, 1.165) is 24.7 Å². The fraction of sp³-hybridized carbons (Fsp3) is 0.600. The van der Waals surface area contributed by atoms with Crippen LogP contribution in [0.4, 0.5) is 4.79 Å². The summed E-state index contributed by atoms with van der Waals surface area (Å²) in [5.74, 6) is 1.77. The first-order chi connectivity index (χ1) is 4.38. The number of amidine groups is 1. The van der Waals surface area contributed by atoms with Gasteiger partial charge in [-0.05, 0) is 0 Å². The fourth-order valence-corrected chi connectivity index (χ4v) is 1.87. The smallest absolute Gasteiger partial charge is 0.287 e. The van der Waals surface area contributed by atoms with Gasteiger partial charge in [-0.2, -0.15) is 0 Å². The number of hydrogen-bond donors (Lipinski definition) is 0. The first-order valence-electron chi connectivity index (χ1n) is 2.85. The van der Waals surface area contributed by atoms with Crippen LogP contribution in [0.25, 0.3) is 0 Å². The summed E-state index contributed by atoms with van der Waals surface area (Å²) in [7, 11) is 0. The van der Waals surface area contributed by atoms with Crippen LogP contribution in [0, 0.1) is 0 Å². The van der Waals surface area contributed by atoms with Crippen LogP contribution < -0.4 is 0 Å². The van der Waals surface area contributed by atoms with Crippen LogP contribution in [0.15, 0.2) is 4.99 Å². The fourth-order valence-electron chi connectivity index (χ4n) is 1.02. The van der Waals surface area contributed by atoms with Crippen molar-refractivity contribution in [1.82, 2.24) is 4.90 Å². The summed E-state index contributed by atoms with van der Waals surface area (Å²) in [5.41, 5.74) is 0. The van der Waals surface area contributed by atoms with E-state index in [0.29, 0.717) is 0 Å². The Morgan fingerprint density at radius 3 is 3.33 bits per heavy atom. The van der Waals surface area contributed by atoms with Gasteiger partial charge in [0, 0.05) is 6.54 Å². The van der Waals surface area contributed by atoms with Crippen molar-refractivity contribution in [3.63, 3.8) is 0 Å². The molecular weight excluding hydrogens is 136 g/mol. The molecule has 2 heterocycles. The third-order valence-corrected chi connectivity index (χ3v) is 2.34. The Kier molecular flexibility index (Phi) is 1.02. The number of hydrogen-bond acceptors (Lipinski definition) is 3. The van der Waals surface area contributed by atoms with Crippen LogP contribution >= 0.6 is 11.8 Å². The molecule has 4 heteroatoms. The van der Waals surface area contributed by atoms with E-state index in [9.17, 15) is 4.79 Å². The molecule has 0 saturated carbocycles. The summed E-state index contributed by atoms with van der Waals surface area (Å²) in [4.78, 5) is 16.8. The molecule has 0 radical (unpaired) electrons. The molecule has 0 aromatic heterocycles. The molecule has 0 aromatic carbocycles. The van der Waals surface area contributed by atoms with Crippen LogP contribution in [-0.4, -0.2) is 34.8 Å². The Bertz CT molecular complexity index is 189. The molecule has 1 fully saturated rings. The lowest BCUT2D eigenvalue weighted by atomic mass is 10.6. The molecule has 2 aliphatic heterocycles. The molecule has 0 spiro atoms. The number of carbonyl (C=O) groups is 1. The maximum atomic E-state index is 10.9. The average Bonchev–Trinajstić information content (AvgIpc) is 2.35.